The van der Waals surface area contributed by atoms with Crippen LogP contribution >= 0.6 is 11.6 Å². The van der Waals surface area contributed by atoms with Crippen molar-refractivity contribution in [3.05, 3.63) is 52.4 Å². The van der Waals surface area contributed by atoms with E-state index in [-0.39, 0.29) is 5.69 Å². The van der Waals surface area contributed by atoms with Gasteiger partial charge in [0.15, 0.2) is 11.3 Å². The number of carbonyl (C=O) groups excluding carboxylic acids is 1. The Bertz CT molecular complexity index is 1140. The van der Waals surface area contributed by atoms with E-state index in [1.807, 2.05) is 11.5 Å². The number of benzene rings is 1. The molecule has 0 saturated heterocycles. The van der Waals surface area contributed by atoms with E-state index in [4.69, 9.17) is 16.3 Å². The summed E-state index contributed by atoms with van der Waals surface area (Å²) in [6.45, 7) is 2.19. The van der Waals surface area contributed by atoms with Crippen LogP contribution in [0.2, 0.25) is 5.02 Å². The Hall–Kier alpha value is -2.65. The van der Waals surface area contributed by atoms with Gasteiger partial charge >= 0.3 is 5.97 Å². The van der Waals surface area contributed by atoms with Gasteiger partial charge in [0.05, 0.1) is 19.9 Å². The van der Waals surface area contributed by atoms with Gasteiger partial charge in [-0.25, -0.2) is 23.2 Å². The van der Waals surface area contributed by atoms with Crippen molar-refractivity contribution in [2.24, 2.45) is 0 Å². The summed E-state index contributed by atoms with van der Waals surface area (Å²) in [5.41, 5.74) is 2.49. The largest absolute Gasteiger partial charge is 0.464 e. The number of imidazole rings is 1. The monoisotopic (exact) mass is 408 g/mol. The van der Waals surface area contributed by atoms with Crippen molar-refractivity contribution in [2.45, 2.75) is 13.5 Å². The van der Waals surface area contributed by atoms with Crippen LogP contribution in [0.1, 0.15) is 21.9 Å². The second-order valence-corrected chi connectivity index (χ2v) is 8.11. The number of methoxy groups -OCH3 is 1. The topological polar surface area (TPSA) is 103 Å². The van der Waals surface area contributed by atoms with E-state index in [2.05, 4.69) is 14.7 Å². The summed E-state index contributed by atoms with van der Waals surface area (Å²) in [4.78, 5) is 20.5. The van der Waals surface area contributed by atoms with Gasteiger partial charge < -0.3 is 9.30 Å². The number of pyridine rings is 1. The fourth-order valence-corrected chi connectivity index (χ4v) is 3.44. The van der Waals surface area contributed by atoms with Crippen LogP contribution < -0.4 is 4.72 Å². The number of aromatic nitrogens is 3. The van der Waals surface area contributed by atoms with Crippen LogP contribution in [-0.2, 0) is 21.3 Å². The Balaban J connectivity index is 1.99. The van der Waals surface area contributed by atoms with E-state index in [9.17, 15) is 13.2 Å². The number of nitrogens with zero attached hydrogens (tertiary/aromatic N) is 3. The predicted molar refractivity (Wildman–Crippen MR) is 103 cm³/mol. The van der Waals surface area contributed by atoms with E-state index < -0.39 is 16.0 Å². The second-order valence-electron chi connectivity index (χ2n) is 5.96. The Morgan fingerprint density at radius 1 is 1.26 bits per heavy atom. The summed E-state index contributed by atoms with van der Waals surface area (Å²) < 4.78 is 31.6. The number of rotatable bonds is 5. The zero-order valence-corrected chi connectivity index (χ0v) is 16.4. The normalized spacial score (nSPS) is 11.6. The molecule has 0 unspecified atom stereocenters. The van der Waals surface area contributed by atoms with Crippen molar-refractivity contribution in [2.75, 3.05) is 18.1 Å². The lowest BCUT2D eigenvalue weighted by molar-refractivity contribution is 0.0594. The number of ether oxygens (including phenoxy) is 1. The molecule has 0 amide bonds. The van der Waals surface area contributed by atoms with Crippen molar-refractivity contribution in [3.63, 3.8) is 0 Å². The lowest BCUT2D eigenvalue weighted by atomic mass is 10.2. The summed E-state index contributed by atoms with van der Waals surface area (Å²) in [6, 6.07) is 8.16. The first-order valence-electron chi connectivity index (χ1n) is 7.86. The predicted octanol–water partition coefficient (Wildman–Crippen LogP) is 2.60. The zero-order chi connectivity index (χ0) is 19.8. The highest BCUT2D eigenvalue weighted by Gasteiger charge is 2.15. The molecule has 0 fully saturated rings. The molecular formula is C17H17ClN4O4S. The van der Waals surface area contributed by atoms with Crippen molar-refractivity contribution in [1.82, 2.24) is 14.5 Å². The van der Waals surface area contributed by atoms with Crippen LogP contribution in [0, 0.1) is 6.92 Å². The van der Waals surface area contributed by atoms with Crippen molar-refractivity contribution >= 4 is 44.4 Å². The first kappa shape index (κ1) is 19.1. The standard InChI is InChI=1S/C17H17ClN4O4S/c1-10-19-14-6-7-15(17(23)26-2)20-16(14)22(10)9-11-4-5-12(8-13(11)18)21-27(3,24)25/h4-8,21H,9H2,1-3H3. The van der Waals surface area contributed by atoms with Gasteiger partial charge in [-0.2, -0.15) is 0 Å². The van der Waals surface area contributed by atoms with Gasteiger partial charge in [0, 0.05) is 10.7 Å². The maximum absolute atomic E-state index is 11.7. The number of anilines is 1. The zero-order valence-electron chi connectivity index (χ0n) is 14.9. The van der Waals surface area contributed by atoms with Gasteiger partial charge in [-0.3, -0.25) is 4.72 Å². The summed E-state index contributed by atoms with van der Waals surface area (Å²) >= 11 is 6.32. The third-order valence-corrected chi connectivity index (χ3v) is 4.82. The maximum Gasteiger partial charge on any atom is 0.356 e. The molecule has 3 rings (SSSR count). The molecule has 27 heavy (non-hydrogen) atoms. The van der Waals surface area contributed by atoms with Crippen LogP contribution in [-0.4, -0.2) is 42.3 Å². The molecule has 2 aromatic heterocycles. The molecule has 1 N–H and O–H groups in total. The molecule has 0 radical (unpaired) electrons. The van der Waals surface area contributed by atoms with Crippen molar-refractivity contribution < 1.29 is 17.9 Å². The van der Waals surface area contributed by atoms with Crippen LogP contribution in [0.3, 0.4) is 0 Å². The lowest BCUT2D eigenvalue weighted by Crippen LogP contribution is -2.10. The van der Waals surface area contributed by atoms with Gasteiger partial charge in [-0.15, -0.1) is 0 Å². The highest BCUT2D eigenvalue weighted by atomic mass is 35.5. The number of halogens is 1. The van der Waals surface area contributed by atoms with E-state index in [0.29, 0.717) is 34.2 Å². The van der Waals surface area contributed by atoms with Crippen LogP contribution in [0.5, 0.6) is 0 Å². The van der Waals surface area contributed by atoms with E-state index in [1.54, 1.807) is 30.3 Å². The number of fused-ring (bicyclic) bond motifs is 1. The molecular weight excluding hydrogens is 392 g/mol. The molecule has 0 aliphatic rings. The minimum atomic E-state index is -3.39. The number of esters is 1. The highest BCUT2D eigenvalue weighted by Crippen LogP contribution is 2.24. The molecule has 0 atom stereocenters. The Morgan fingerprint density at radius 2 is 2.00 bits per heavy atom. The van der Waals surface area contributed by atoms with Crippen LogP contribution in [0.4, 0.5) is 5.69 Å². The van der Waals surface area contributed by atoms with E-state index in [1.165, 1.54) is 7.11 Å². The fraction of sp³-hybridized carbons (Fsp3) is 0.235. The van der Waals surface area contributed by atoms with Crippen LogP contribution in [0.25, 0.3) is 11.2 Å². The quantitative estimate of drug-likeness (QED) is 0.651. The number of hydrogen-bond acceptors (Lipinski definition) is 6. The Morgan fingerprint density at radius 3 is 2.63 bits per heavy atom. The average molecular weight is 409 g/mol. The molecule has 0 aliphatic heterocycles. The van der Waals surface area contributed by atoms with Gasteiger partial charge in [0.1, 0.15) is 11.3 Å². The number of sulfonamides is 1. The second kappa shape index (κ2) is 7.16. The average Bonchev–Trinajstić information content (AvgIpc) is 2.90. The molecule has 0 saturated carbocycles. The highest BCUT2D eigenvalue weighted by molar-refractivity contribution is 7.92. The molecule has 2 heterocycles. The minimum Gasteiger partial charge on any atom is -0.464 e. The van der Waals surface area contributed by atoms with E-state index >= 15 is 0 Å². The Labute approximate surface area is 161 Å². The third kappa shape index (κ3) is 4.20. The molecule has 142 valence electrons. The lowest BCUT2D eigenvalue weighted by Gasteiger charge is -2.11. The minimum absolute atomic E-state index is 0.185. The smallest absolute Gasteiger partial charge is 0.356 e. The van der Waals surface area contributed by atoms with Gasteiger partial charge in [-0.05, 0) is 36.8 Å². The maximum atomic E-state index is 11.7. The number of aryl methyl sites for hydroxylation is 1. The first-order chi connectivity index (χ1) is 12.7. The first-order valence-corrected chi connectivity index (χ1v) is 10.1. The third-order valence-electron chi connectivity index (χ3n) is 3.86. The molecule has 8 nitrogen and oxygen atoms in total. The Kier molecular flexibility index (Phi) is 5.07. The molecule has 0 bridgehead atoms. The fourth-order valence-electron chi connectivity index (χ4n) is 2.65. The van der Waals surface area contributed by atoms with E-state index in [0.717, 1.165) is 11.8 Å². The van der Waals surface area contributed by atoms with Crippen molar-refractivity contribution in [1.29, 1.82) is 0 Å². The summed E-state index contributed by atoms with van der Waals surface area (Å²) in [6.07, 6.45) is 1.07. The number of hydrogen-bond donors (Lipinski definition) is 1. The summed E-state index contributed by atoms with van der Waals surface area (Å²) in [5, 5.41) is 0.397. The SMILES string of the molecule is COC(=O)c1ccc2nc(C)n(Cc3ccc(NS(C)(=O)=O)cc3Cl)c2n1. The molecule has 10 heteroatoms. The molecule has 0 spiro atoms. The molecule has 0 aliphatic carbocycles. The van der Waals surface area contributed by atoms with Gasteiger partial charge in [0.2, 0.25) is 10.0 Å². The number of carbonyl (C=O) groups is 1. The van der Waals surface area contributed by atoms with Crippen molar-refractivity contribution in [3.8, 4) is 0 Å². The number of nitrogens with one attached hydrogen (secondary N) is 1. The molecule has 3 aromatic rings. The molecule has 1 aromatic carbocycles. The summed E-state index contributed by atoms with van der Waals surface area (Å²) in [7, 11) is -2.09. The van der Waals surface area contributed by atoms with Gasteiger partial charge in [-0.1, -0.05) is 17.7 Å². The van der Waals surface area contributed by atoms with Crippen LogP contribution in [0.15, 0.2) is 30.3 Å². The van der Waals surface area contributed by atoms with Gasteiger partial charge in [0.25, 0.3) is 0 Å². The summed E-state index contributed by atoms with van der Waals surface area (Å²) in [5.74, 6) is 0.172.